The molecule has 3 heterocycles. The Hall–Kier alpha value is -8.34. The summed E-state index contributed by atoms with van der Waals surface area (Å²) >= 11 is 0. The second-order valence-electron chi connectivity index (χ2n) is 17.7. The van der Waals surface area contributed by atoms with Crippen molar-refractivity contribution in [3.05, 3.63) is 217 Å². The first-order valence-corrected chi connectivity index (χ1v) is 22.2. The van der Waals surface area contributed by atoms with Gasteiger partial charge in [-0.2, -0.15) is 0 Å². The van der Waals surface area contributed by atoms with Gasteiger partial charge in [-0.15, -0.1) is 0 Å². The molecule has 0 unspecified atom stereocenters. The van der Waals surface area contributed by atoms with Gasteiger partial charge in [0.25, 0.3) is 0 Å². The van der Waals surface area contributed by atoms with Gasteiger partial charge in [-0.25, -0.2) is 9.97 Å². The summed E-state index contributed by atoms with van der Waals surface area (Å²) in [4.78, 5) is 10.6. The highest BCUT2D eigenvalue weighted by Gasteiger charge is 2.35. The molecule has 0 spiro atoms. The summed E-state index contributed by atoms with van der Waals surface area (Å²) in [6, 6.07) is 73.0. The van der Waals surface area contributed by atoms with Crippen LogP contribution in [0.25, 0.3) is 122 Å². The average Bonchev–Trinajstić information content (AvgIpc) is 4.01. The summed E-state index contributed by atoms with van der Waals surface area (Å²) in [6.45, 7) is 4.66. The summed E-state index contributed by atoms with van der Waals surface area (Å²) in [6.07, 6.45) is 0. The smallest absolute Gasteiger partial charge is 0.160 e. The van der Waals surface area contributed by atoms with E-state index in [4.69, 9.17) is 18.8 Å². The molecule has 65 heavy (non-hydrogen) atoms. The number of aromatic nitrogens is 2. The minimum atomic E-state index is -0.0681. The van der Waals surface area contributed by atoms with Crippen LogP contribution in [0.3, 0.4) is 0 Å². The van der Waals surface area contributed by atoms with Crippen molar-refractivity contribution in [3.8, 4) is 78.4 Å². The van der Waals surface area contributed by atoms with Gasteiger partial charge in [0.15, 0.2) is 5.82 Å². The Kier molecular flexibility index (Phi) is 8.22. The lowest BCUT2D eigenvalue weighted by Crippen LogP contribution is -2.14. The molecule has 9 aromatic carbocycles. The van der Waals surface area contributed by atoms with Gasteiger partial charge in [-0.3, -0.25) is 0 Å². The highest BCUT2D eigenvalue weighted by Crippen LogP contribution is 2.50. The Morgan fingerprint density at radius 3 is 1.48 bits per heavy atom. The molecule has 0 saturated heterocycles. The van der Waals surface area contributed by atoms with Crippen molar-refractivity contribution < 1.29 is 8.83 Å². The van der Waals surface area contributed by atoms with Crippen LogP contribution in [0.4, 0.5) is 0 Å². The Morgan fingerprint density at radius 1 is 0.323 bits per heavy atom. The lowest BCUT2D eigenvalue weighted by Gasteiger charge is -2.22. The first kappa shape index (κ1) is 37.2. The predicted octanol–water partition coefficient (Wildman–Crippen LogP) is 16.6. The normalized spacial score (nSPS) is 12.9. The van der Waals surface area contributed by atoms with E-state index in [1.807, 2.05) is 42.5 Å². The number of nitrogens with zero attached hydrogens (tertiary/aromatic N) is 2. The van der Waals surface area contributed by atoms with Crippen LogP contribution in [0, 0.1) is 0 Å². The fraction of sp³-hybridized carbons (Fsp3) is 0.0492. The van der Waals surface area contributed by atoms with Crippen molar-refractivity contribution in [2.75, 3.05) is 0 Å². The van der Waals surface area contributed by atoms with Crippen LogP contribution in [0.15, 0.2) is 215 Å². The molecule has 0 bridgehead atoms. The van der Waals surface area contributed by atoms with E-state index in [0.29, 0.717) is 5.82 Å². The van der Waals surface area contributed by atoms with E-state index in [1.54, 1.807) is 0 Å². The van der Waals surface area contributed by atoms with Crippen molar-refractivity contribution in [1.82, 2.24) is 9.97 Å². The standard InChI is InChI=1S/C61H40N2O2/c1-61(2)52-23-9-6-16-46(52)47-31-30-40(35-53(47)61)37-26-28-38(29-27-37)54-36-55(63-60(62-54)39-14-4-3-5-15-39)43-33-41(44-19-12-21-50-48-17-7-10-24-56(48)64-58(44)50)32-42(34-43)45-20-13-22-51-49-18-8-11-25-57(49)65-59(45)51/h3-36H,1-2H3. The number of rotatable bonds is 6. The quantitative estimate of drug-likeness (QED) is 0.167. The second kappa shape index (κ2) is 14.3. The third-order valence-electron chi connectivity index (χ3n) is 13.5. The molecular formula is C61H40N2O2. The van der Waals surface area contributed by atoms with Gasteiger partial charge in [0.2, 0.25) is 0 Å². The SMILES string of the molecule is CC1(C)c2ccccc2-c2ccc(-c3ccc(-c4cc(-c5cc(-c6cccc7c6oc6ccccc67)cc(-c6cccc7c6oc6ccccc67)c5)nc(-c5ccccc5)n4)cc3)cc21. The van der Waals surface area contributed by atoms with Crippen molar-refractivity contribution in [2.24, 2.45) is 0 Å². The number of para-hydroxylation sites is 4. The molecule has 1 aliphatic rings. The molecule has 1 aliphatic carbocycles. The number of benzene rings is 9. The first-order chi connectivity index (χ1) is 31.9. The highest BCUT2D eigenvalue weighted by atomic mass is 16.3. The lowest BCUT2D eigenvalue weighted by molar-refractivity contribution is 0.660. The topological polar surface area (TPSA) is 52.1 Å². The van der Waals surface area contributed by atoms with Crippen LogP contribution in [-0.2, 0) is 5.41 Å². The average molecular weight is 833 g/mol. The van der Waals surface area contributed by atoms with E-state index in [9.17, 15) is 0 Å². The number of hydrogen-bond donors (Lipinski definition) is 0. The molecule has 0 amide bonds. The van der Waals surface area contributed by atoms with Crippen LogP contribution in [0.2, 0.25) is 0 Å². The summed E-state index contributed by atoms with van der Waals surface area (Å²) in [7, 11) is 0. The van der Waals surface area contributed by atoms with Crippen molar-refractivity contribution in [3.63, 3.8) is 0 Å². The molecule has 3 aromatic heterocycles. The highest BCUT2D eigenvalue weighted by molar-refractivity contribution is 6.11. The molecule has 4 heteroatoms. The molecule has 0 radical (unpaired) electrons. The van der Waals surface area contributed by atoms with Gasteiger partial charge in [0.05, 0.1) is 11.4 Å². The Labute approximate surface area is 376 Å². The molecule has 0 aliphatic heterocycles. The molecule has 306 valence electrons. The second-order valence-corrected chi connectivity index (χ2v) is 17.7. The summed E-state index contributed by atoms with van der Waals surface area (Å²) in [5, 5.41) is 4.35. The van der Waals surface area contributed by atoms with Crippen LogP contribution in [0.1, 0.15) is 25.0 Å². The number of fused-ring (bicyclic) bond motifs is 9. The van der Waals surface area contributed by atoms with Crippen LogP contribution >= 0.6 is 0 Å². The van der Waals surface area contributed by atoms with Gasteiger partial charge < -0.3 is 8.83 Å². The molecule has 12 aromatic rings. The van der Waals surface area contributed by atoms with E-state index in [2.05, 4.69) is 178 Å². The fourth-order valence-electron chi connectivity index (χ4n) is 10.2. The fourth-order valence-corrected chi connectivity index (χ4v) is 10.2. The maximum absolute atomic E-state index is 6.64. The maximum atomic E-state index is 6.64. The molecule has 13 rings (SSSR count). The number of hydrogen-bond acceptors (Lipinski definition) is 4. The summed E-state index contributed by atoms with van der Waals surface area (Å²) in [5.74, 6) is 0.660. The van der Waals surface area contributed by atoms with Gasteiger partial charge in [0, 0.05) is 54.8 Å². The number of furan rings is 2. The molecule has 0 fully saturated rings. The Morgan fingerprint density at radius 2 is 0.815 bits per heavy atom. The third kappa shape index (κ3) is 5.98. The zero-order valence-electron chi connectivity index (χ0n) is 35.8. The predicted molar refractivity (Wildman–Crippen MR) is 267 cm³/mol. The molecule has 4 nitrogen and oxygen atoms in total. The molecule has 0 saturated carbocycles. The van der Waals surface area contributed by atoms with Crippen molar-refractivity contribution in [1.29, 1.82) is 0 Å². The Bertz CT molecular complexity index is 3720. The Balaban J connectivity index is 0.981. The maximum Gasteiger partial charge on any atom is 0.160 e. The molecular weight excluding hydrogens is 793 g/mol. The van der Waals surface area contributed by atoms with Crippen LogP contribution in [0.5, 0.6) is 0 Å². The molecule has 0 atom stereocenters. The third-order valence-corrected chi connectivity index (χ3v) is 13.5. The molecule has 0 N–H and O–H groups in total. The van der Waals surface area contributed by atoms with E-state index >= 15 is 0 Å². The minimum absolute atomic E-state index is 0.0681. The van der Waals surface area contributed by atoms with Gasteiger partial charge in [-0.1, -0.05) is 178 Å². The van der Waals surface area contributed by atoms with E-state index in [1.165, 1.54) is 27.8 Å². The van der Waals surface area contributed by atoms with Crippen molar-refractivity contribution in [2.45, 2.75) is 19.3 Å². The zero-order chi connectivity index (χ0) is 43.2. The van der Waals surface area contributed by atoms with E-state index in [-0.39, 0.29) is 5.41 Å². The minimum Gasteiger partial charge on any atom is -0.455 e. The van der Waals surface area contributed by atoms with Crippen LogP contribution < -0.4 is 0 Å². The lowest BCUT2D eigenvalue weighted by atomic mass is 9.81. The zero-order valence-corrected chi connectivity index (χ0v) is 35.8. The van der Waals surface area contributed by atoms with E-state index in [0.717, 1.165) is 99.8 Å². The monoisotopic (exact) mass is 832 g/mol. The van der Waals surface area contributed by atoms with Gasteiger partial charge in [-0.05, 0) is 87.0 Å². The van der Waals surface area contributed by atoms with Crippen LogP contribution in [-0.4, -0.2) is 9.97 Å². The van der Waals surface area contributed by atoms with E-state index < -0.39 is 0 Å². The van der Waals surface area contributed by atoms with Gasteiger partial charge >= 0.3 is 0 Å². The largest absolute Gasteiger partial charge is 0.455 e. The van der Waals surface area contributed by atoms with Gasteiger partial charge in [0.1, 0.15) is 22.3 Å². The van der Waals surface area contributed by atoms with Crippen molar-refractivity contribution >= 4 is 43.9 Å². The summed E-state index contributed by atoms with van der Waals surface area (Å²) < 4.78 is 13.3. The summed E-state index contributed by atoms with van der Waals surface area (Å²) in [5.41, 5.74) is 19.7. The first-order valence-electron chi connectivity index (χ1n) is 22.2.